The van der Waals surface area contributed by atoms with E-state index in [-0.39, 0.29) is 5.97 Å². The minimum atomic E-state index is -0.467. The molecule has 0 saturated heterocycles. The molecule has 1 rings (SSSR count). The molecule has 3 heteroatoms. The highest BCUT2D eigenvalue weighted by Crippen LogP contribution is 2.40. The number of hydrogen-bond acceptors (Lipinski definition) is 3. The topological polar surface area (TPSA) is 38.3 Å². The smallest absolute Gasteiger partial charge is 0.326 e. The molecule has 0 heterocycles. The van der Waals surface area contributed by atoms with Gasteiger partial charge < -0.3 is 4.74 Å². The fourth-order valence-electron chi connectivity index (χ4n) is 3.46. The molecular weight excluding hydrogens is 262 g/mol. The first-order valence-corrected chi connectivity index (χ1v) is 8.70. The van der Waals surface area contributed by atoms with Gasteiger partial charge in [0.15, 0.2) is 0 Å². The van der Waals surface area contributed by atoms with Crippen molar-refractivity contribution < 1.29 is 9.53 Å². The molecule has 0 spiro atoms. The summed E-state index contributed by atoms with van der Waals surface area (Å²) in [6.07, 6.45) is 6.26. The summed E-state index contributed by atoms with van der Waals surface area (Å²) in [4.78, 5) is 12.6. The van der Waals surface area contributed by atoms with Gasteiger partial charge in [0.1, 0.15) is 5.54 Å². The number of rotatable bonds is 5. The van der Waals surface area contributed by atoms with Crippen molar-refractivity contribution in [3.63, 3.8) is 0 Å². The van der Waals surface area contributed by atoms with E-state index in [2.05, 4.69) is 39.9 Å². The minimum Gasteiger partial charge on any atom is -0.465 e. The maximum Gasteiger partial charge on any atom is 0.326 e. The van der Waals surface area contributed by atoms with Crippen LogP contribution in [0.25, 0.3) is 0 Å². The second-order valence-electron chi connectivity index (χ2n) is 7.75. The van der Waals surface area contributed by atoms with Crippen molar-refractivity contribution in [2.45, 2.75) is 91.6 Å². The highest BCUT2D eigenvalue weighted by molar-refractivity contribution is 5.81. The van der Waals surface area contributed by atoms with Crippen LogP contribution in [0.1, 0.15) is 80.1 Å². The molecule has 0 bridgehead atoms. The van der Waals surface area contributed by atoms with Gasteiger partial charge in [-0.25, -0.2) is 0 Å². The van der Waals surface area contributed by atoms with Crippen LogP contribution < -0.4 is 5.32 Å². The molecule has 3 atom stereocenters. The molecule has 0 aromatic carbocycles. The molecule has 0 aromatic heterocycles. The van der Waals surface area contributed by atoms with Gasteiger partial charge >= 0.3 is 5.97 Å². The van der Waals surface area contributed by atoms with Crippen molar-refractivity contribution in [2.75, 3.05) is 6.61 Å². The second kappa shape index (κ2) is 7.62. The Labute approximate surface area is 131 Å². The van der Waals surface area contributed by atoms with Gasteiger partial charge in [-0.1, -0.05) is 34.1 Å². The van der Waals surface area contributed by atoms with Crippen LogP contribution in [-0.2, 0) is 9.53 Å². The molecule has 1 aliphatic carbocycles. The fourth-order valence-corrected chi connectivity index (χ4v) is 3.46. The molecule has 1 N–H and O–H groups in total. The highest BCUT2D eigenvalue weighted by atomic mass is 16.5. The SMILES string of the molecule is CCOC(=O)C1(NC(C)CC)CCCC(C(C)(C)C)CC1. The van der Waals surface area contributed by atoms with Gasteiger partial charge in [-0.15, -0.1) is 0 Å². The van der Waals surface area contributed by atoms with Gasteiger partial charge in [0.05, 0.1) is 6.61 Å². The van der Waals surface area contributed by atoms with Crippen molar-refractivity contribution >= 4 is 5.97 Å². The Morgan fingerprint density at radius 3 is 2.48 bits per heavy atom. The van der Waals surface area contributed by atoms with E-state index < -0.39 is 5.54 Å². The number of esters is 1. The maximum atomic E-state index is 12.6. The standard InChI is InChI=1S/C18H35NO2/c1-7-14(3)19-18(16(20)21-8-2)12-9-10-15(11-13-18)17(4,5)6/h14-15,19H,7-13H2,1-6H3. The van der Waals surface area contributed by atoms with E-state index in [1.807, 2.05) is 6.92 Å². The summed E-state index contributed by atoms with van der Waals surface area (Å²) in [7, 11) is 0. The lowest BCUT2D eigenvalue weighted by Gasteiger charge is -2.35. The Morgan fingerprint density at radius 1 is 1.29 bits per heavy atom. The van der Waals surface area contributed by atoms with Crippen LogP contribution >= 0.6 is 0 Å². The molecule has 21 heavy (non-hydrogen) atoms. The van der Waals surface area contributed by atoms with E-state index in [9.17, 15) is 4.79 Å². The van der Waals surface area contributed by atoms with Gasteiger partial charge in [-0.2, -0.15) is 0 Å². The zero-order chi connectivity index (χ0) is 16.1. The predicted molar refractivity (Wildman–Crippen MR) is 88.3 cm³/mol. The van der Waals surface area contributed by atoms with Crippen molar-refractivity contribution in [3.8, 4) is 0 Å². The zero-order valence-electron chi connectivity index (χ0n) is 14.9. The molecule has 1 saturated carbocycles. The maximum absolute atomic E-state index is 12.6. The average Bonchev–Trinajstić information content (AvgIpc) is 2.62. The first-order valence-electron chi connectivity index (χ1n) is 8.70. The molecule has 0 amide bonds. The first-order chi connectivity index (χ1) is 9.75. The lowest BCUT2D eigenvalue weighted by Crippen LogP contribution is -2.55. The lowest BCUT2D eigenvalue weighted by molar-refractivity contribution is -0.152. The average molecular weight is 297 g/mol. The molecule has 0 radical (unpaired) electrons. The van der Waals surface area contributed by atoms with Gasteiger partial charge in [0, 0.05) is 6.04 Å². The van der Waals surface area contributed by atoms with Crippen molar-refractivity contribution in [2.24, 2.45) is 11.3 Å². The summed E-state index contributed by atoms with van der Waals surface area (Å²) in [5, 5.41) is 3.60. The summed E-state index contributed by atoms with van der Waals surface area (Å²) < 4.78 is 5.41. The van der Waals surface area contributed by atoms with Gasteiger partial charge in [0.2, 0.25) is 0 Å². The Hall–Kier alpha value is -0.570. The molecule has 3 unspecified atom stereocenters. The van der Waals surface area contributed by atoms with Crippen molar-refractivity contribution in [3.05, 3.63) is 0 Å². The third kappa shape index (κ3) is 4.98. The minimum absolute atomic E-state index is 0.0418. The third-order valence-electron chi connectivity index (χ3n) is 5.10. The van der Waals surface area contributed by atoms with Gasteiger partial charge in [0.25, 0.3) is 0 Å². The summed E-state index contributed by atoms with van der Waals surface area (Å²) in [6, 6.07) is 0.348. The van der Waals surface area contributed by atoms with E-state index >= 15 is 0 Å². The van der Waals surface area contributed by atoms with Crippen LogP contribution in [0.3, 0.4) is 0 Å². The molecule has 124 valence electrons. The summed E-state index contributed by atoms with van der Waals surface area (Å²) in [5.74, 6) is 0.646. The quantitative estimate of drug-likeness (QED) is 0.607. The van der Waals surface area contributed by atoms with E-state index in [1.54, 1.807) is 0 Å². The third-order valence-corrected chi connectivity index (χ3v) is 5.10. The van der Waals surface area contributed by atoms with Crippen LogP contribution in [-0.4, -0.2) is 24.2 Å². The zero-order valence-corrected chi connectivity index (χ0v) is 14.9. The summed E-state index contributed by atoms with van der Waals surface area (Å²) in [5.41, 5.74) is -0.146. The number of ether oxygens (including phenoxy) is 1. The van der Waals surface area contributed by atoms with E-state index in [0.29, 0.717) is 24.0 Å². The van der Waals surface area contributed by atoms with Gasteiger partial charge in [-0.05, 0) is 57.3 Å². The highest BCUT2D eigenvalue weighted by Gasteiger charge is 2.43. The normalized spacial score (nSPS) is 28.8. The van der Waals surface area contributed by atoms with E-state index in [0.717, 1.165) is 32.1 Å². The first kappa shape index (κ1) is 18.5. The lowest BCUT2D eigenvalue weighted by atomic mass is 9.76. The monoisotopic (exact) mass is 297 g/mol. The largest absolute Gasteiger partial charge is 0.465 e. The number of hydrogen-bond donors (Lipinski definition) is 1. The second-order valence-corrected chi connectivity index (χ2v) is 7.75. The van der Waals surface area contributed by atoms with E-state index in [1.165, 1.54) is 6.42 Å². The Morgan fingerprint density at radius 2 is 1.95 bits per heavy atom. The number of carbonyl (C=O) groups excluding carboxylic acids is 1. The Bertz CT molecular complexity index is 335. The van der Waals surface area contributed by atoms with Crippen LogP contribution in [0, 0.1) is 11.3 Å². The molecular formula is C18H35NO2. The summed E-state index contributed by atoms with van der Waals surface area (Å²) in [6.45, 7) is 13.6. The molecule has 0 aliphatic heterocycles. The van der Waals surface area contributed by atoms with E-state index in [4.69, 9.17) is 4.74 Å². The van der Waals surface area contributed by atoms with Crippen LogP contribution in [0.2, 0.25) is 0 Å². The van der Waals surface area contributed by atoms with Crippen LogP contribution in [0.5, 0.6) is 0 Å². The van der Waals surface area contributed by atoms with Gasteiger partial charge in [-0.3, -0.25) is 10.1 Å². The summed E-state index contributed by atoms with van der Waals surface area (Å²) >= 11 is 0. The predicted octanol–water partition coefficient (Wildman–Crippen LogP) is 4.30. The van der Waals surface area contributed by atoms with Crippen molar-refractivity contribution in [1.82, 2.24) is 5.32 Å². The molecule has 1 aliphatic rings. The fraction of sp³-hybridized carbons (Fsp3) is 0.944. The Kier molecular flexibility index (Phi) is 6.71. The van der Waals surface area contributed by atoms with Crippen molar-refractivity contribution in [1.29, 1.82) is 0 Å². The Balaban J connectivity index is 2.89. The number of nitrogens with one attached hydrogen (secondary N) is 1. The molecule has 0 aromatic rings. The number of carbonyl (C=O) groups is 1. The van der Waals surface area contributed by atoms with Crippen LogP contribution in [0.4, 0.5) is 0 Å². The molecule has 3 nitrogen and oxygen atoms in total. The van der Waals surface area contributed by atoms with Crippen LogP contribution in [0.15, 0.2) is 0 Å². The molecule has 1 fully saturated rings.